The molecule has 0 radical (unpaired) electrons. The summed E-state index contributed by atoms with van der Waals surface area (Å²) in [6.07, 6.45) is 6.51. The van der Waals surface area contributed by atoms with Gasteiger partial charge in [-0.15, -0.1) is 0 Å². The number of halogens is 2. The molecule has 0 saturated heterocycles. The zero-order valence-electron chi connectivity index (χ0n) is 16.8. The lowest BCUT2D eigenvalue weighted by Crippen LogP contribution is -2.28. The molecule has 0 aromatic heterocycles. The minimum Gasteiger partial charge on any atom is -0.504 e. The second kappa shape index (κ2) is 10.4. The summed E-state index contributed by atoms with van der Waals surface area (Å²) in [6, 6.07) is 11.0. The van der Waals surface area contributed by atoms with E-state index in [0.717, 1.165) is 43.2 Å². The molecule has 3 nitrogen and oxygen atoms in total. The van der Waals surface area contributed by atoms with Crippen molar-refractivity contribution in [2.75, 3.05) is 6.61 Å². The fraction of sp³-hybridized carbons (Fsp3) is 0.458. The summed E-state index contributed by atoms with van der Waals surface area (Å²) in [4.78, 5) is 13.4. The van der Waals surface area contributed by atoms with E-state index < -0.39 is 0 Å². The van der Waals surface area contributed by atoms with Crippen LogP contribution in [-0.4, -0.2) is 17.5 Å². The largest absolute Gasteiger partial charge is 0.504 e. The van der Waals surface area contributed by atoms with Crippen molar-refractivity contribution in [1.82, 2.24) is 0 Å². The normalized spacial score (nSPS) is 20.2. The Morgan fingerprint density at radius 3 is 2.17 bits per heavy atom. The number of carbonyl (C=O) groups excluding carboxylic acids is 1. The molecule has 0 aliphatic heterocycles. The van der Waals surface area contributed by atoms with Crippen molar-refractivity contribution >= 4 is 29.0 Å². The molecule has 0 bridgehead atoms. The summed E-state index contributed by atoms with van der Waals surface area (Å²) in [5.41, 5.74) is 2.08. The molecule has 1 aliphatic carbocycles. The molecule has 2 atom stereocenters. The number of aromatic hydroxyl groups is 1. The van der Waals surface area contributed by atoms with E-state index >= 15 is 0 Å². The van der Waals surface area contributed by atoms with E-state index in [1.807, 2.05) is 31.2 Å². The summed E-state index contributed by atoms with van der Waals surface area (Å²) in [6.45, 7) is 2.38. The highest BCUT2D eigenvalue weighted by Crippen LogP contribution is 2.33. The third-order valence-corrected chi connectivity index (χ3v) is 6.42. The number of Topliss-reactive ketones (excluding diaryl/α,β-unsaturated/α-hetero) is 1. The lowest BCUT2D eigenvalue weighted by molar-refractivity contribution is -0.127. The second-order valence-corrected chi connectivity index (χ2v) is 8.64. The number of ketones is 1. The molecular formula is C24H28Cl2O3. The molecule has 0 heterocycles. The van der Waals surface area contributed by atoms with E-state index in [-0.39, 0.29) is 17.6 Å². The highest BCUT2D eigenvalue weighted by molar-refractivity contribution is 6.42. The molecule has 29 heavy (non-hydrogen) atoms. The van der Waals surface area contributed by atoms with Gasteiger partial charge in [-0.3, -0.25) is 4.79 Å². The summed E-state index contributed by atoms with van der Waals surface area (Å²) in [5.74, 6) is 0.942. The van der Waals surface area contributed by atoms with Crippen molar-refractivity contribution in [2.45, 2.75) is 51.9 Å². The maximum Gasteiger partial charge on any atom is 0.161 e. The fourth-order valence-corrected chi connectivity index (χ4v) is 4.49. The number of phenolic OH excluding ortho intramolecular Hbond substituents is 1. The van der Waals surface area contributed by atoms with Gasteiger partial charge < -0.3 is 9.84 Å². The number of carbonyl (C=O) groups is 1. The Bertz CT molecular complexity index is 850. The van der Waals surface area contributed by atoms with Crippen LogP contribution < -0.4 is 4.74 Å². The molecule has 156 valence electrons. The van der Waals surface area contributed by atoms with Gasteiger partial charge in [-0.05, 0) is 68.0 Å². The maximum absolute atomic E-state index is 13.4. The minimum absolute atomic E-state index is 0.000944. The van der Waals surface area contributed by atoms with Crippen LogP contribution in [0.1, 0.15) is 50.2 Å². The first kappa shape index (κ1) is 22.0. The van der Waals surface area contributed by atoms with E-state index in [2.05, 4.69) is 0 Å². The van der Waals surface area contributed by atoms with Gasteiger partial charge in [-0.1, -0.05) is 54.6 Å². The Morgan fingerprint density at radius 1 is 0.931 bits per heavy atom. The molecule has 2 aromatic rings. The molecule has 2 aromatic carbocycles. The van der Waals surface area contributed by atoms with Crippen LogP contribution in [0.4, 0.5) is 0 Å². The van der Waals surface area contributed by atoms with E-state index in [1.54, 1.807) is 12.1 Å². The summed E-state index contributed by atoms with van der Waals surface area (Å²) in [5, 5.41) is 11.0. The SMILES string of the molecule is CCOc1cc(CC2CCCCCC(Cc3ccc(Cl)c(Cl)c3)C2=O)ccc1O. The van der Waals surface area contributed by atoms with Crippen molar-refractivity contribution in [3.05, 3.63) is 57.6 Å². The minimum atomic E-state index is -0.0120. The predicted molar refractivity (Wildman–Crippen MR) is 118 cm³/mol. The van der Waals surface area contributed by atoms with Crippen LogP contribution >= 0.6 is 23.2 Å². The monoisotopic (exact) mass is 434 g/mol. The Kier molecular flexibility index (Phi) is 7.85. The molecule has 2 unspecified atom stereocenters. The van der Waals surface area contributed by atoms with Crippen molar-refractivity contribution in [3.8, 4) is 11.5 Å². The molecular weight excluding hydrogens is 407 g/mol. The van der Waals surface area contributed by atoms with Crippen LogP contribution in [0, 0.1) is 11.8 Å². The summed E-state index contributed by atoms with van der Waals surface area (Å²) in [7, 11) is 0. The van der Waals surface area contributed by atoms with Gasteiger partial charge in [0.1, 0.15) is 5.78 Å². The zero-order chi connectivity index (χ0) is 20.8. The molecule has 5 heteroatoms. The van der Waals surface area contributed by atoms with Gasteiger partial charge >= 0.3 is 0 Å². The lowest BCUT2D eigenvalue weighted by atomic mass is 9.78. The van der Waals surface area contributed by atoms with Crippen LogP contribution in [0.15, 0.2) is 36.4 Å². The van der Waals surface area contributed by atoms with Crippen molar-refractivity contribution < 1.29 is 14.6 Å². The number of rotatable bonds is 6. The molecule has 1 N–H and O–H groups in total. The quantitative estimate of drug-likeness (QED) is 0.553. The third-order valence-electron chi connectivity index (χ3n) is 5.68. The number of hydrogen-bond acceptors (Lipinski definition) is 3. The zero-order valence-corrected chi connectivity index (χ0v) is 18.3. The van der Waals surface area contributed by atoms with Gasteiger partial charge in [-0.2, -0.15) is 0 Å². The average molecular weight is 435 g/mol. The molecule has 1 fully saturated rings. The van der Waals surface area contributed by atoms with Gasteiger partial charge in [0.2, 0.25) is 0 Å². The van der Waals surface area contributed by atoms with Crippen LogP contribution in [0.25, 0.3) is 0 Å². The number of benzene rings is 2. The van der Waals surface area contributed by atoms with E-state index in [1.165, 1.54) is 0 Å². The van der Waals surface area contributed by atoms with E-state index in [4.69, 9.17) is 27.9 Å². The van der Waals surface area contributed by atoms with Crippen LogP contribution in [0.2, 0.25) is 10.0 Å². The lowest BCUT2D eigenvalue weighted by Gasteiger charge is -2.26. The standard InChI is InChI=1S/C24H28Cl2O3/c1-2-29-23-15-17(9-11-22(23)27)13-19-7-5-3-4-6-18(24(19)28)12-16-8-10-20(25)21(26)14-16/h8-11,14-15,18-19,27H,2-7,12-13H2,1H3. The average Bonchev–Trinajstić information content (AvgIpc) is 2.69. The summed E-state index contributed by atoms with van der Waals surface area (Å²) < 4.78 is 5.50. The summed E-state index contributed by atoms with van der Waals surface area (Å²) >= 11 is 12.2. The van der Waals surface area contributed by atoms with Crippen molar-refractivity contribution in [2.24, 2.45) is 11.8 Å². The topological polar surface area (TPSA) is 46.5 Å². The van der Waals surface area contributed by atoms with Gasteiger partial charge in [-0.25, -0.2) is 0 Å². The second-order valence-electron chi connectivity index (χ2n) is 7.83. The molecule has 1 aliphatic rings. The van der Waals surface area contributed by atoms with Gasteiger partial charge in [0.25, 0.3) is 0 Å². The van der Waals surface area contributed by atoms with Crippen LogP contribution in [0.3, 0.4) is 0 Å². The molecule has 3 rings (SSSR count). The van der Waals surface area contributed by atoms with Crippen molar-refractivity contribution in [3.63, 3.8) is 0 Å². The molecule has 1 saturated carbocycles. The van der Waals surface area contributed by atoms with Crippen LogP contribution in [0.5, 0.6) is 11.5 Å². The Morgan fingerprint density at radius 2 is 1.55 bits per heavy atom. The number of phenols is 1. The van der Waals surface area contributed by atoms with Gasteiger partial charge in [0.15, 0.2) is 11.5 Å². The third kappa shape index (κ3) is 5.90. The highest BCUT2D eigenvalue weighted by Gasteiger charge is 2.29. The Labute approximate surface area is 183 Å². The first-order valence-electron chi connectivity index (χ1n) is 10.4. The van der Waals surface area contributed by atoms with Gasteiger partial charge in [0.05, 0.1) is 16.7 Å². The van der Waals surface area contributed by atoms with Crippen molar-refractivity contribution in [1.29, 1.82) is 0 Å². The number of hydrogen-bond donors (Lipinski definition) is 1. The highest BCUT2D eigenvalue weighted by atomic mass is 35.5. The smallest absolute Gasteiger partial charge is 0.161 e. The van der Waals surface area contributed by atoms with E-state index in [0.29, 0.717) is 41.0 Å². The Balaban J connectivity index is 1.76. The molecule has 0 amide bonds. The maximum atomic E-state index is 13.4. The predicted octanol–water partition coefficient (Wildman–Crippen LogP) is 6.65. The van der Waals surface area contributed by atoms with Gasteiger partial charge in [0, 0.05) is 11.8 Å². The fourth-order valence-electron chi connectivity index (χ4n) is 4.17. The Hall–Kier alpha value is -1.71. The first-order chi connectivity index (χ1) is 14.0. The number of ether oxygens (including phenoxy) is 1. The first-order valence-corrected chi connectivity index (χ1v) is 11.2. The van der Waals surface area contributed by atoms with Crippen LogP contribution in [-0.2, 0) is 17.6 Å². The van der Waals surface area contributed by atoms with E-state index in [9.17, 15) is 9.90 Å². The molecule has 0 spiro atoms.